The molecule has 0 aromatic heterocycles. The first-order valence-corrected chi connectivity index (χ1v) is 10.1. The van der Waals surface area contributed by atoms with E-state index in [9.17, 15) is 4.79 Å². The Bertz CT molecular complexity index is 592. The molecule has 1 aromatic carbocycles. The van der Waals surface area contributed by atoms with Gasteiger partial charge in [-0.15, -0.1) is 0 Å². The van der Waals surface area contributed by atoms with E-state index in [0.29, 0.717) is 31.1 Å². The number of rotatable bonds is 6. The van der Waals surface area contributed by atoms with Gasteiger partial charge in [0, 0.05) is 26.1 Å². The summed E-state index contributed by atoms with van der Waals surface area (Å²) in [5.74, 6) is 0.943. The summed E-state index contributed by atoms with van der Waals surface area (Å²) in [6.45, 7) is 7.70. The van der Waals surface area contributed by atoms with E-state index in [1.54, 1.807) is 0 Å². The lowest BCUT2D eigenvalue weighted by Gasteiger charge is -2.34. The molecule has 0 N–H and O–H groups in total. The van der Waals surface area contributed by atoms with Gasteiger partial charge in [-0.3, -0.25) is 9.69 Å². The topological polar surface area (TPSA) is 38.8 Å². The van der Waals surface area contributed by atoms with Crippen molar-refractivity contribution in [1.29, 1.82) is 0 Å². The summed E-state index contributed by atoms with van der Waals surface area (Å²) in [7, 11) is 0. The standard InChI is InChI=1S/C21H30ClNO3/c1-21(2)10-7-18(8-11-21)26-17-5-3-16(4-6-17)19-15-23(13-14-25-19)12-9-20(22)24/h3-6,18-19H,7-15H2,1-2H3. The van der Waals surface area contributed by atoms with Crippen molar-refractivity contribution in [2.75, 3.05) is 26.2 Å². The highest BCUT2D eigenvalue weighted by Crippen LogP contribution is 2.36. The number of halogens is 1. The van der Waals surface area contributed by atoms with Crippen LogP contribution < -0.4 is 4.74 Å². The number of ether oxygens (including phenoxy) is 2. The largest absolute Gasteiger partial charge is 0.490 e. The molecular weight excluding hydrogens is 350 g/mol. The molecular formula is C21H30ClNO3. The van der Waals surface area contributed by atoms with Gasteiger partial charge in [-0.1, -0.05) is 26.0 Å². The summed E-state index contributed by atoms with van der Waals surface area (Å²) in [4.78, 5) is 13.2. The number of carbonyl (C=O) groups excluding carboxylic acids is 1. The van der Waals surface area contributed by atoms with Crippen molar-refractivity contribution >= 4 is 16.8 Å². The lowest BCUT2D eigenvalue weighted by Crippen LogP contribution is -2.39. The van der Waals surface area contributed by atoms with Crippen LogP contribution in [-0.4, -0.2) is 42.5 Å². The third-order valence-electron chi connectivity index (χ3n) is 5.62. The van der Waals surface area contributed by atoms with E-state index < -0.39 is 0 Å². The minimum absolute atomic E-state index is 0.0405. The Morgan fingerprint density at radius 2 is 1.96 bits per heavy atom. The van der Waals surface area contributed by atoms with Crippen LogP contribution in [0, 0.1) is 5.41 Å². The Morgan fingerprint density at radius 1 is 1.27 bits per heavy atom. The zero-order chi connectivity index (χ0) is 18.6. The highest BCUT2D eigenvalue weighted by molar-refractivity contribution is 6.63. The molecule has 4 nitrogen and oxygen atoms in total. The Kier molecular flexibility index (Phi) is 6.60. The summed E-state index contributed by atoms with van der Waals surface area (Å²) >= 11 is 5.45. The highest BCUT2D eigenvalue weighted by atomic mass is 35.5. The quantitative estimate of drug-likeness (QED) is 0.679. The summed E-state index contributed by atoms with van der Waals surface area (Å²) in [5.41, 5.74) is 1.62. The summed E-state index contributed by atoms with van der Waals surface area (Å²) in [6, 6.07) is 8.31. The number of hydrogen-bond donors (Lipinski definition) is 0. The van der Waals surface area contributed by atoms with Crippen molar-refractivity contribution in [1.82, 2.24) is 4.90 Å². The fourth-order valence-electron chi connectivity index (χ4n) is 3.80. The second-order valence-corrected chi connectivity index (χ2v) is 8.74. The van der Waals surface area contributed by atoms with Crippen LogP contribution in [0.15, 0.2) is 24.3 Å². The second-order valence-electron chi connectivity index (χ2n) is 8.32. The molecule has 1 unspecified atom stereocenters. The van der Waals surface area contributed by atoms with Crippen LogP contribution in [-0.2, 0) is 9.53 Å². The third kappa shape index (κ3) is 5.70. The number of hydrogen-bond acceptors (Lipinski definition) is 4. The van der Waals surface area contributed by atoms with Crippen LogP contribution in [0.25, 0.3) is 0 Å². The molecule has 3 rings (SSSR count). The van der Waals surface area contributed by atoms with E-state index >= 15 is 0 Å². The Morgan fingerprint density at radius 3 is 2.62 bits per heavy atom. The molecule has 144 valence electrons. The molecule has 1 aliphatic heterocycles. The van der Waals surface area contributed by atoms with Gasteiger partial charge in [0.15, 0.2) is 0 Å². The first-order valence-electron chi connectivity index (χ1n) is 9.70. The van der Waals surface area contributed by atoms with Crippen molar-refractivity contribution in [2.45, 2.75) is 58.2 Å². The van der Waals surface area contributed by atoms with Gasteiger partial charge >= 0.3 is 0 Å². The number of benzene rings is 1. The van der Waals surface area contributed by atoms with Gasteiger partial charge in [0.1, 0.15) is 5.75 Å². The smallest absolute Gasteiger partial charge is 0.222 e. The Balaban J connectivity index is 1.51. The molecule has 1 saturated carbocycles. The molecule has 1 aromatic rings. The fraction of sp³-hybridized carbons (Fsp3) is 0.667. The maximum absolute atomic E-state index is 11.0. The van der Waals surface area contributed by atoms with Crippen molar-refractivity contribution in [3.05, 3.63) is 29.8 Å². The molecule has 2 aliphatic rings. The lowest BCUT2D eigenvalue weighted by molar-refractivity contribution is -0.112. The van der Waals surface area contributed by atoms with Crippen molar-refractivity contribution in [3.63, 3.8) is 0 Å². The average Bonchev–Trinajstić information content (AvgIpc) is 2.63. The summed E-state index contributed by atoms with van der Waals surface area (Å²) in [5, 5.41) is -0.277. The maximum Gasteiger partial charge on any atom is 0.222 e. The molecule has 1 heterocycles. The molecule has 1 aliphatic carbocycles. The Hall–Kier alpha value is -1.10. The van der Waals surface area contributed by atoms with E-state index in [-0.39, 0.29) is 11.3 Å². The van der Waals surface area contributed by atoms with Crippen LogP contribution in [0.2, 0.25) is 0 Å². The highest BCUT2D eigenvalue weighted by Gasteiger charge is 2.28. The SMILES string of the molecule is CC1(C)CCC(Oc2ccc(C3CN(CCC(=O)Cl)CCO3)cc2)CC1. The molecule has 1 atom stereocenters. The predicted octanol–water partition coefficient (Wildman–Crippen LogP) is 4.56. The summed E-state index contributed by atoms with van der Waals surface area (Å²) in [6.07, 6.45) is 5.49. The van der Waals surface area contributed by atoms with E-state index in [0.717, 1.165) is 37.2 Å². The zero-order valence-corrected chi connectivity index (χ0v) is 16.6. The van der Waals surface area contributed by atoms with Crippen molar-refractivity contribution < 1.29 is 14.3 Å². The normalized spacial score (nSPS) is 24.3. The van der Waals surface area contributed by atoms with E-state index in [2.05, 4.69) is 43.0 Å². The van der Waals surface area contributed by atoms with Gasteiger partial charge < -0.3 is 9.47 Å². The van der Waals surface area contributed by atoms with Crippen LogP contribution in [0.5, 0.6) is 5.75 Å². The number of nitrogens with zero attached hydrogens (tertiary/aromatic N) is 1. The van der Waals surface area contributed by atoms with E-state index in [4.69, 9.17) is 21.1 Å². The minimum Gasteiger partial charge on any atom is -0.490 e. The van der Waals surface area contributed by atoms with Crippen LogP contribution in [0.4, 0.5) is 0 Å². The predicted molar refractivity (Wildman–Crippen MR) is 104 cm³/mol. The van der Waals surface area contributed by atoms with E-state index in [1.807, 2.05) is 0 Å². The zero-order valence-electron chi connectivity index (χ0n) is 15.9. The molecule has 1 saturated heterocycles. The molecule has 26 heavy (non-hydrogen) atoms. The molecule has 0 radical (unpaired) electrons. The lowest BCUT2D eigenvalue weighted by atomic mass is 9.76. The van der Waals surface area contributed by atoms with Crippen LogP contribution in [0.3, 0.4) is 0 Å². The molecule has 5 heteroatoms. The van der Waals surface area contributed by atoms with Gasteiger partial charge in [0.25, 0.3) is 0 Å². The minimum atomic E-state index is -0.277. The van der Waals surface area contributed by atoms with Gasteiger partial charge in [0.05, 0.1) is 18.8 Å². The molecule has 0 spiro atoms. The first kappa shape index (κ1) is 19.7. The Labute approximate surface area is 161 Å². The van der Waals surface area contributed by atoms with Crippen LogP contribution >= 0.6 is 11.6 Å². The van der Waals surface area contributed by atoms with Gasteiger partial charge in [-0.2, -0.15) is 0 Å². The monoisotopic (exact) mass is 379 g/mol. The van der Waals surface area contributed by atoms with Gasteiger partial charge in [-0.05, 0) is 60.4 Å². The molecule has 2 fully saturated rings. The molecule has 0 amide bonds. The van der Waals surface area contributed by atoms with Gasteiger partial charge in [0.2, 0.25) is 5.24 Å². The maximum atomic E-state index is 11.0. The third-order valence-corrected chi connectivity index (χ3v) is 5.80. The average molecular weight is 380 g/mol. The van der Waals surface area contributed by atoms with Gasteiger partial charge in [-0.25, -0.2) is 0 Å². The van der Waals surface area contributed by atoms with Crippen LogP contribution in [0.1, 0.15) is 57.6 Å². The van der Waals surface area contributed by atoms with E-state index in [1.165, 1.54) is 12.8 Å². The first-order chi connectivity index (χ1) is 12.4. The second kappa shape index (κ2) is 8.73. The number of carbonyl (C=O) groups is 1. The number of morpholine rings is 1. The molecule has 0 bridgehead atoms. The van der Waals surface area contributed by atoms with Crippen molar-refractivity contribution in [2.24, 2.45) is 5.41 Å². The van der Waals surface area contributed by atoms with Crippen molar-refractivity contribution in [3.8, 4) is 5.75 Å². The summed E-state index contributed by atoms with van der Waals surface area (Å²) < 4.78 is 12.1. The fourth-order valence-corrected chi connectivity index (χ4v) is 3.88.